The second kappa shape index (κ2) is 8.98. The molecule has 2 fully saturated rings. The Kier molecular flexibility index (Phi) is 7.28. The zero-order valence-electron chi connectivity index (χ0n) is 13.0. The summed E-state index contributed by atoms with van der Waals surface area (Å²) in [6.45, 7) is 7.64. The first-order chi connectivity index (χ1) is 9.86. The van der Waals surface area contributed by atoms with E-state index in [9.17, 15) is 0 Å². The lowest BCUT2D eigenvalue weighted by molar-refractivity contribution is -0.0937. The normalized spacial score (nSPS) is 27.3. The van der Waals surface area contributed by atoms with E-state index < -0.39 is 0 Å². The second-order valence-corrected chi connectivity index (χ2v) is 5.83. The standard InChI is InChI=1S/C16H30O4/c1-3-5-7-9-17-15(13-11-19-13)16(14-12-20-14)18-10-8-6-4-2/h13-16H,3-12H2,1-2H3/t13-,14+,15+,16-. The zero-order valence-corrected chi connectivity index (χ0v) is 13.0. The Labute approximate surface area is 123 Å². The SMILES string of the molecule is CCCCCO[C@H]([C@H](OCCCCC)[C@@H]1CO1)[C@H]1CO1. The van der Waals surface area contributed by atoms with E-state index in [0.717, 1.165) is 39.3 Å². The maximum Gasteiger partial charge on any atom is 0.115 e. The molecule has 4 nitrogen and oxygen atoms in total. The molecule has 0 saturated carbocycles. The van der Waals surface area contributed by atoms with Crippen molar-refractivity contribution in [1.82, 2.24) is 0 Å². The Hall–Kier alpha value is -0.160. The Morgan fingerprint density at radius 2 is 1.20 bits per heavy atom. The summed E-state index contributed by atoms with van der Waals surface area (Å²) in [6, 6.07) is 0. The van der Waals surface area contributed by atoms with Gasteiger partial charge < -0.3 is 18.9 Å². The fourth-order valence-electron chi connectivity index (χ4n) is 2.46. The van der Waals surface area contributed by atoms with Crippen LogP contribution in [0.15, 0.2) is 0 Å². The van der Waals surface area contributed by atoms with Gasteiger partial charge in [-0.1, -0.05) is 39.5 Å². The van der Waals surface area contributed by atoms with E-state index >= 15 is 0 Å². The first kappa shape index (κ1) is 16.2. The van der Waals surface area contributed by atoms with E-state index in [2.05, 4.69) is 13.8 Å². The van der Waals surface area contributed by atoms with Crippen LogP contribution in [0.1, 0.15) is 52.4 Å². The van der Waals surface area contributed by atoms with Gasteiger partial charge in [-0.3, -0.25) is 0 Å². The molecule has 0 spiro atoms. The molecule has 0 aromatic carbocycles. The molecule has 0 aromatic heterocycles. The molecule has 0 amide bonds. The van der Waals surface area contributed by atoms with Crippen LogP contribution in [0.5, 0.6) is 0 Å². The van der Waals surface area contributed by atoms with E-state index in [0.29, 0.717) is 0 Å². The summed E-state index contributed by atoms with van der Waals surface area (Å²) >= 11 is 0. The molecule has 4 atom stereocenters. The number of unbranched alkanes of at least 4 members (excludes halogenated alkanes) is 4. The lowest BCUT2D eigenvalue weighted by Crippen LogP contribution is -2.40. The van der Waals surface area contributed by atoms with E-state index in [1.807, 2.05) is 0 Å². The van der Waals surface area contributed by atoms with Gasteiger partial charge >= 0.3 is 0 Å². The van der Waals surface area contributed by atoms with Crippen molar-refractivity contribution in [2.75, 3.05) is 26.4 Å². The molecule has 2 heterocycles. The molecule has 2 aliphatic heterocycles. The van der Waals surface area contributed by atoms with Crippen LogP contribution in [0.3, 0.4) is 0 Å². The number of hydrogen-bond donors (Lipinski definition) is 0. The molecule has 0 aromatic rings. The molecule has 118 valence electrons. The third-order valence-electron chi connectivity index (χ3n) is 3.89. The van der Waals surface area contributed by atoms with Gasteiger partial charge in [0.25, 0.3) is 0 Å². The smallest absolute Gasteiger partial charge is 0.115 e. The highest BCUT2D eigenvalue weighted by Gasteiger charge is 2.47. The van der Waals surface area contributed by atoms with Crippen LogP contribution in [0.4, 0.5) is 0 Å². The van der Waals surface area contributed by atoms with Crippen molar-refractivity contribution in [3.8, 4) is 0 Å². The summed E-state index contributed by atoms with van der Waals surface area (Å²) in [5.74, 6) is 0. The van der Waals surface area contributed by atoms with E-state index in [-0.39, 0.29) is 24.4 Å². The summed E-state index contributed by atoms with van der Waals surface area (Å²) < 4.78 is 23.0. The molecule has 0 aliphatic carbocycles. The van der Waals surface area contributed by atoms with Crippen LogP contribution >= 0.6 is 0 Å². The van der Waals surface area contributed by atoms with Gasteiger partial charge in [0.1, 0.15) is 24.4 Å². The first-order valence-electron chi connectivity index (χ1n) is 8.33. The number of ether oxygens (including phenoxy) is 4. The minimum Gasteiger partial charge on any atom is -0.373 e. The largest absolute Gasteiger partial charge is 0.373 e. The van der Waals surface area contributed by atoms with Crippen LogP contribution in [-0.2, 0) is 18.9 Å². The second-order valence-electron chi connectivity index (χ2n) is 5.83. The topological polar surface area (TPSA) is 43.5 Å². The summed E-state index contributed by atoms with van der Waals surface area (Å²) in [4.78, 5) is 0. The van der Waals surface area contributed by atoms with E-state index in [1.165, 1.54) is 25.7 Å². The third-order valence-corrected chi connectivity index (χ3v) is 3.89. The summed E-state index contributed by atoms with van der Waals surface area (Å²) in [6.07, 6.45) is 7.67. The molecule has 0 bridgehead atoms. The monoisotopic (exact) mass is 286 g/mol. The number of hydrogen-bond acceptors (Lipinski definition) is 4. The molecule has 2 saturated heterocycles. The van der Waals surface area contributed by atoms with Gasteiger partial charge in [0, 0.05) is 13.2 Å². The molecule has 2 aliphatic rings. The molecular weight excluding hydrogens is 256 g/mol. The molecule has 2 rings (SSSR count). The fraction of sp³-hybridized carbons (Fsp3) is 1.00. The van der Waals surface area contributed by atoms with Crippen LogP contribution in [-0.4, -0.2) is 50.8 Å². The maximum atomic E-state index is 6.06. The highest BCUT2D eigenvalue weighted by molar-refractivity contribution is 4.94. The van der Waals surface area contributed by atoms with Gasteiger partial charge in [-0.2, -0.15) is 0 Å². The number of epoxide rings is 2. The molecule has 4 heteroatoms. The highest BCUT2D eigenvalue weighted by Crippen LogP contribution is 2.29. The molecule has 0 N–H and O–H groups in total. The van der Waals surface area contributed by atoms with Crippen molar-refractivity contribution in [3.05, 3.63) is 0 Å². The quantitative estimate of drug-likeness (QED) is 0.386. The van der Waals surface area contributed by atoms with Crippen LogP contribution in [0.2, 0.25) is 0 Å². The Bertz CT molecular complexity index is 225. The lowest BCUT2D eigenvalue weighted by atomic mass is 10.1. The zero-order chi connectivity index (χ0) is 14.2. The molecule has 0 unspecified atom stereocenters. The minimum absolute atomic E-state index is 0.0565. The molecule has 0 radical (unpaired) electrons. The maximum absolute atomic E-state index is 6.06. The Morgan fingerprint density at radius 3 is 1.50 bits per heavy atom. The van der Waals surface area contributed by atoms with Crippen molar-refractivity contribution < 1.29 is 18.9 Å². The predicted octanol–water partition coefficient (Wildman–Crippen LogP) is 2.93. The third kappa shape index (κ3) is 5.68. The summed E-state index contributed by atoms with van der Waals surface area (Å²) in [5, 5.41) is 0. The van der Waals surface area contributed by atoms with Crippen molar-refractivity contribution in [2.45, 2.75) is 76.8 Å². The predicted molar refractivity (Wildman–Crippen MR) is 78.0 cm³/mol. The van der Waals surface area contributed by atoms with Gasteiger partial charge in [0.2, 0.25) is 0 Å². The van der Waals surface area contributed by atoms with Gasteiger partial charge in [0.15, 0.2) is 0 Å². The van der Waals surface area contributed by atoms with Gasteiger partial charge in [0.05, 0.1) is 13.2 Å². The Balaban J connectivity index is 1.74. The van der Waals surface area contributed by atoms with Gasteiger partial charge in [-0.15, -0.1) is 0 Å². The van der Waals surface area contributed by atoms with Gasteiger partial charge in [-0.05, 0) is 12.8 Å². The average molecular weight is 286 g/mol. The van der Waals surface area contributed by atoms with Gasteiger partial charge in [-0.25, -0.2) is 0 Å². The fourth-order valence-corrected chi connectivity index (χ4v) is 2.46. The minimum atomic E-state index is 0.0565. The van der Waals surface area contributed by atoms with Crippen molar-refractivity contribution in [1.29, 1.82) is 0 Å². The first-order valence-corrected chi connectivity index (χ1v) is 8.33. The Morgan fingerprint density at radius 1 is 0.800 bits per heavy atom. The van der Waals surface area contributed by atoms with E-state index in [4.69, 9.17) is 18.9 Å². The summed E-state index contributed by atoms with van der Waals surface area (Å²) in [7, 11) is 0. The summed E-state index contributed by atoms with van der Waals surface area (Å²) in [5.41, 5.74) is 0. The van der Waals surface area contributed by atoms with E-state index in [1.54, 1.807) is 0 Å². The average Bonchev–Trinajstić information content (AvgIpc) is 3.31. The number of rotatable bonds is 13. The lowest BCUT2D eigenvalue weighted by Gasteiger charge is -2.25. The van der Waals surface area contributed by atoms with Crippen LogP contribution in [0.25, 0.3) is 0 Å². The molecule has 20 heavy (non-hydrogen) atoms. The highest BCUT2D eigenvalue weighted by atomic mass is 16.6. The van der Waals surface area contributed by atoms with Crippen molar-refractivity contribution in [2.24, 2.45) is 0 Å². The van der Waals surface area contributed by atoms with Crippen molar-refractivity contribution in [3.63, 3.8) is 0 Å². The van der Waals surface area contributed by atoms with Crippen molar-refractivity contribution >= 4 is 0 Å². The molecular formula is C16H30O4. The van der Waals surface area contributed by atoms with Crippen LogP contribution in [0, 0.1) is 0 Å². The van der Waals surface area contributed by atoms with Crippen LogP contribution < -0.4 is 0 Å².